The minimum Gasteiger partial charge on any atom is -0.461 e. The van der Waals surface area contributed by atoms with Gasteiger partial charge in [-0.25, -0.2) is 14.9 Å². The second-order valence-corrected chi connectivity index (χ2v) is 3.73. The van der Waals surface area contributed by atoms with E-state index < -0.39 is 5.97 Å². The number of nitrogens with one attached hydrogen (secondary N) is 1. The summed E-state index contributed by atoms with van der Waals surface area (Å²) in [5.74, 6) is 0.375. The third-order valence-corrected chi connectivity index (χ3v) is 2.44. The van der Waals surface area contributed by atoms with Crippen LogP contribution in [0, 0.1) is 6.92 Å². The Morgan fingerprint density at radius 3 is 2.84 bits per heavy atom. The van der Waals surface area contributed by atoms with Crippen LogP contribution in [0.2, 0.25) is 0 Å². The molecule has 0 fully saturated rings. The quantitative estimate of drug-likeness (QED) is 0.754. The SMILES string of the molecule is CCOC(=O)c1nc(C)n(-c2ccc(=O)[nH]n2)c1N. The molecule has 0 aliphatic carbocycles. The Morgan fingerprint density at radius 2 is 2.26 bits per heavy atom. The molecular weight excluding hydrogens is 250 g/mol. The summed E-state index contributed by atoms with van der Waals surface area (Å²) in [5.41, 5.74) is 5.58. The summed E-state index contributed by atoms with van der Waals surface area (Å²) in [4.78, 5) is 26.7. The lowest BCUT2D eigenvalue weighted by Gasteiger charge is -2.05. The zero-order chi connectivity index (χ0) is 14.0. The Bertz CT molecular complexity index is 653. The Hall–Kier alpha value is -2.64. The van der Waals surface area contributed by atoms with Crippen molar-refractivity contribution in [3.05, 3.63) is 34.0 Å². The number of esters is 1. The van der Waals surface area contributed by atoms with Crippen molar-refractivity contribution in [2.75, 3.05) is 12.3 Å². The molecular formula is C11H13N5O3. The van der Waals surface area contributed by atoms with E-state index in [4.69, 9.17) is 10.5 Å². The van der Waals surface area contributed by atoms with Crippen molar-refractivity contribution < 1.29 is 9.53 Å². The van der Waals surface area contributed by atoms with Crippen LogP contribution in [0.15, 0.2) is 16.9 Å². The lowest BCUT2D eigenvalue weighted by Crippen LogP contribution is -2.12. The normalized spacial score (nSPS) is 10.4. The summed E-state index contributed by atoms with van der Waals surface area (Å²) < 4.78 is 6.32. The van der Waals surface area contributed by atoms with Gasteiger partial charge in [-0.1, -0.05) is 0 Å². The summed E-state index contributed by atoms with van der Waals surface area (Å²) in [6, 6.07) is 2.80. The van der Waals surface area contributed by atoms with E-state index >= 15 is 0 Å². The molecule has 0 saturated heterocycles. The van der Waals surface area contributed by atoms with E-state index in [0.29, 0.717) is 11.6 Å². The van der Waals surface area contributed by atoms with Gasteiger partial charge in [-0.3, -0.25) is 9.36 Å². The van der Waals surface area contributed by atoms with Gasteiger partial charge in [0.15, 0.2) is 11.5 Å². The zero-order valence-corrected chi connectivity index (χ0v) is 10.5. The van der Waals surface area contributed by atoms with E-state index in [-0.39, 0.29) is 23.7 Å². The summed E-state index contributed by atoms with van der Waals surface area (Å²) >= 11 is 0. The second-order valence-electron chi connectivity index (χ2n) is 3.73. The number of hydrogen-bond acceptors (Lipinski definition) is 6. The molecule has 19 heavy (non-hydrogen) atoms. The summed E-state index contributed by atoms with van der Waals surface area (Å²) in [6.07, 6.45) is 0. The number of nitrogens with zero attached hydrogens (tertiary/aromatic N) is 3. The summed E-state index contributed by atoms with van der Waals surface area (Å²) in [7, 11) is 0. The van der Waals surface area contributed by atoms with E-state index in [1.54, 1.807) is 13.8 Å². The highest BCUT2D eigenvalue weighted by molar-refractivity contribution is 5.92. The largest absolute Gasteiger partial charge is 0.461 e. The van der Waals surface area contributed by atoms with Crippen molar-refractivity contribution in [1.29, 1.82) is 0 Å². The molecule has 0 aliphatic rings. The molecule has 3 N–H and O–H groups in total. The van der Waals surface area contributed by atoms with Gasteiger partial charge in [0, 0.05) is 6.07 Å². The van der Waals surface area contributed by atoms with Gasteiger partial charge in [-0.2, -0.15) is 5.10 Å². The van der Waals surface area contributed by atoms with E-state index in [0.717, 1.165) is 0 Å². The molecule has 0 radical (unpaired) electrons. The zero-order valence-electron chi connectivity index (χ0n) is 10.5. The first-order chi connectivity index (χ1) is 9.04. The van der Waals surface area contributed by atoms with Gasteiger partial charge >= 0.3 is 5.97 Å². The van der Waals surface area contributed by atoms with Crippen LogP contribution < -0.4 is 11.3 Å². The first-order valence-corrected chi connectivity index (χ1v) is 5.62. The molecule has 0 bridgehead atoms. The maximum absolute atomic E-state index is 11.7. The molecule has 8 nitrogen and oxygen atoms in total. The van der Waals surface area contributed by atoms with Crippen LogP contribution in [-0.4, -0.2) is 32.3 Å². The van der Waals surface area contributed by atoms with Gasteiger partial charge in [0.25, 0.3) is 5.56 Å². The highest BCUT2D eigenvalue weighted by atomic mass is 16.5. The Balaban J connectivity index is 2.50. The second kappa shape index (κ2) is 4.92. The van der Waals surface area contributed by atoms with Gasteiger partial charge in [0.05, 0.1) is 6.61 Å². The average molecular weight is 263 g/mol. The Morgan fingerprint density at radius 1 is 1.53 bits per heavy atom. The molecule has 100 valence electrons. The smallest absolute Gasteiger partial charge is 0.360 e. The predicted molar refractivity (Wildman–Crippen MR) is 67.1 cm³/mol. The van der Waals surface area contributed by atoms with E-state index in [1.807, 2.05) is 0 Å². The standard InChI is InChI=1S/C11H13N5O3/c1-3-19-11(18)9-10(12)16(6(2)13-9)7-4-5-8(17)15-14-7/h4-5H,3,12H2,1-2H3,(H,15,17). The molecule has 0 unspecified atom stereocenters. The summed E-state index contributed by atoms with van der Waals surface area (Å²) in [5, 5.41) is 6.13. The number of ether oxygens (including phenoxy) is 1. The highest BCUT2D eigenvalue weighted by Crippen LogP contribution is 2.18. The molecule has 0 aliphatic heterocycles. The third kappa shape index (κ3) is 2.32. The van der Waals surface area contributed by atoms with Crippen molar-refractivity contribution >= 4 is 11.8 Å². The topological polar surface area (TPSA) is 116 Å². The first-order valence-electron chi connectivity index (χ1n) is 5.62. The van der Waals surface area contributed by atoms with Crippen LogP contribution in [0.25, 0.3) is 5.82 Å². The highest BCUT2D eigenvalue weighted by Gasteiger charge is 2.21. The fourth-order valence-electron chi connectivity index (χ4n) is 1.65. The van der Waals surface area contributed by atoms with Gasteiger partial charge in [-0.05, 0) is 19.9 Å². The van der Waals surface area contributed by atoms with Crippen LogP contribution in [0.5, 0.6) is 0 Å². The molecule has 2 rings (SSSR count). The number of anilines is 1. The van der Waals surface area contributed by atoms with Crippen molar-refractivity contribution in [1.82, 2.24) is 19.7 Å². The minimum atomic E-state index is -0.591. The average Bonchev–Trinajstić information content (AvgIpc) is 2.67. The van der Waals surface area contributed by atoms with Crippen LogP contribution >= 0.6 is 0 Å². The van der Waals surface area contributed by atoms with Crippen LogP contribution in [0.4, 0.5) is 5.82 Å². The fourth-order valence-corrected chi connectivity index (χ4v) is 1.65. The van der Waals surface area contributed by atoms with Crippen LogP contribution in [0.1, 0.15) is 23.2 Å². The number of imidazole rings is 1. The maximum Gasteiger partial charge on any atom is 0.360 e. The van der Waals surface area contributed by atoms with Gasteiger partial charge < -0.3 is 10.5 Å². The van der Waals surface area contributed by atoms with E-state index in [1.165, 1.54) is 16.7 Å². The van der Waals surface area contributed by atoms with Crippen molar-refractivity contribution in [2.24, 2.45) is 0 Å². The lowest BCUT2D eigenvalue weighted by atomic mass is 10.4. The van der Waals surface area contributed by atoms with Crippen molar-refractivity contribution in [2.45, 2.75) is 13.8 Å². The lowest BCUT2D eigenvalue weighted by molar-refractivity contribution is 0.0521. The molecule has 2 aromatic rings. The number of aromatic amines is 1. The number of carbonyl (C=O) groups is 1. The van der Waals surface area contributed by atoms with E-state index in [2.05, 4.69) is 15.2 Å². The fraction of sp³-hybridized carbons (Fsp3) is 0.273. The van der Waals surface area contributed by atoms with Gasteiger partial charge in [-0.15, -0.1) is 0 Å². The van der Waals surface area contributed by atoms with Gasteiger partial charge in [0.2, 0.25) is 0 Å². The molecule has 0 amide bonds. The number of nitrogen functional groups attached to an aromatic ring is 1. The van der Waals surface area contributed by atoms with Crippen LogP contribution in [0.3, 0.4) is 0 Å². The first kappa shape index (κ1) is 12.8. The van der Waals surface area contributed by atoms with E-state index in [9.17, 15) is 9.59 Å². The van der Waals surface area contributed by atoms with Crippen LogP contribution in [-0.2, 0) is 4.74 Å². The molecule has 2 aromatic heterocycles. The number of aromatic nitrogens is 4. The number of rotatable bonds is 3. The number of nitrogens with two attached hydrogens (primary N) is 1. The van der Waals surface area contributed by atoms with Crippen molar-refractivity contribution in [3.8, 4) is 5.82 Å². The summed E-state index contributed by atoms with van der Waals surface area (Å²) in [6.45, 7) is 3.61. The van der Waals surface area contributed by atoms with Gasteiger partial charge in [0.1, 0.15) is 11.6 Å². The molecule has 0 aromatic carbocycles. The molecule has 2 heterocycles. The molecule has 0 spiro atoms. The maximum atomic E-state index is 11.7. The molecule has 0 saturated carbocycles. The predicted octanol–water partition coefficient (Wildman–Crippen LogP) is 0.0229. The monoisotopic (exact) mass is 263 g/mol. The number of hydrogen-bond donors (Lipinski definition) is 2. The Labute approximate surface area is 108 Å². The molecule has 0 atom stereocenters. The van der Waals surface area contributed by atoms with Crippen molar-refractivity contribution in [3.63, 3.8) is 0 Å². The number of carbonyl (C=O) groups excluding carboxylic acids is 1. The third-order valence-electron chi connectivity index (χ3n) is 2.44. The number of aryl methyl sites for hydroxylation is 1. The Kier molecular flexibility index (Phi) is 3.32. The number of H-pyrrole nitrogens is 1. The minimum absolute atomic E-state index is 0.0346. The molecule has 8 heteroatoms.